The van der Waals surface area contributed by atoms with Crippen LogP contribution in [0.2, 0.25) is 0 Å². The van der Waals surface area contributed by atoms with Crippen molar-refractivity contribution in [3.63, 3.8) is 0 Å². The molecule has 2 heterocycles. The highest BCUT2D eigenvalue weighted by molar-refractivity contribution is 6.15. The Hall–Kier alpha value is -8.92. The number of nitriles is 2. The van der Waals surface area contributed by atoms with Gasteiger partial charge in [0.2, 0.25) is 11.5 Å². The number of rotatable bonds is 6. The number of hydrogen-bond donors (Lipinski definition) is 4. The van der Waals surface area contributed by atoms with Crippen molar-refractivity contribution in [2.75, 3.05) is 0 Å². The molecule has 0 unspecified atom stereocenters. The molecule has 65 heavy (non-hydrogen) atoms. The van der Waals surface area contributed by atoms with Gasteiger partial charge < -0.3 is 20.4 Å². The van der Waals surface area contributed by atoms with Gasteiger partial charge in [-0.1, -0.05) is 60.7 Å². The van der Waals surface area contributed by atoms with Gasteiger partial charge in [-0.05, 0) is 162 Å². The third-order valence-corrected chi connectivity index (χ3v) is 12.5. The van der Waals surface area contributed by atoms with Crippen molar-refractivity contribution in [1.82, 2.24) is 9.38 Å². The zero-order chi connectivity index (χ0) is 45.3. The first-order chi connectivity index (χ1) is 31.4. The molecular formula is C56H39N5O4. The number of pyridine rings is 1. The summed E-state index contributed by atoms with van der Waals surface area (Å²) in [6.45, 7) is 7.58. The minimum Gasteiger partial charge on any atom is -0.504 e. The van der Waals surface area contributed by atoms with E-state index in [0.29, 0.717) is 16.7 Å². The minimum atomic E-state index is -0.827. The molecule has 0 saturated carbocycles. The number of aromatic hydroxyl groups is 4. The lowest BCUT2D eigenvalue weighted by Gasteiger charge is -2.18. The highest BCUT2D eigenvalue weighted by Crippen LogP contribution is 2.52. The quantitative estimate of drug-likeness (QED) is 0.0561. The lowest BCUT2D eigenvalue weighted by atomic mass is 9.87. The van der Waals surface area contributed by atoms with Gasteiger partial charge in [-0.2, -0.15) is 10.5 Å². The molecule has 0 radical (unpaired) electrons. The van der Waals surface area contributed by atoms with Gasteiger partial charge in [0.25, 0.3) is 0 Å². The van der Waals surface area contributed by atoms with E-state index in [2.05, 4.69) is 34.7 Å². The van der Waals surface area contributed by atoms with Gasteiger partial charge in [0, 0.05) is 33.2 Å². The van der Waals surface area contributed by atoms with Crippen LogP contribution in [0.15, 0.2) is 145 Å². The number of hydrogen-bond acceptors (Lipinski definition) is 8. The highest BCUT2D eigenvalue weighted by atomic mass is 16.3. The number of imidazole rings is 1. The van der Waals surface area contributed by atoms with E-state index >= 15 is 0 Å². The van der Waals surface area contributed by atoms with Crippen LogP contribution in [0.3, 0.4) is 0 Å². The maximum atomic E-state index is 11.4. The second-order valence-corrected chi connectivity index (χ2v) is 16.4. The largest absolute Gasteiger partial charge is 0.504 e. The molecule has 0 aliphatic carbocycles. The van der Waals surface area contributed by atoms with Gasteiger partial charge in [-0.3, -0.25) is 9.39 Å². The average molecular weight is 846 g/mol. The fraction of sp³-hybridized carbons (Fsp3) is 0.0714. The summed E-state index contributed by atoms with van der Waals surface area (Å²) in [5, 5.41) is 66.2. The standard InChI is InChI=1S/C56H39N5O4/c1-30-9-5-6-10-47(30)59-33(4)42-19-15-36(26-45(42)41-17-13-34(28-57)21-31(41)2)38-23-39(25-40(24-38)51-32(3)52(62)54(64)55(65)53(51)63)37-16-20-44-46(27-37)43-18-14-35(29-58)22-50(43)61-49-12-8-7-11-48(49)60-56(44)61/h5-27,62-65H,1-4H3. The van der Waals surface area contributed by atoms with Crippen LogP contribution in [0.4, 0.5) is 5.69 Å². The highest BCUT2D eigenvalue weighted by Gasteiger charge is 2.24. The smallest absolute Gasteiger partial charge is 0.204 e. The molecule has 0 fully saturated rings. The maximum Gasteiger partial charge on any atom is 0.204 e. The van der Waals surface area contributed by atoms with Crippen LogP contribution in [0, 0.1) is 43.4 Å². The first kappa shape index (κ1) is 40.2. The van der Waals surface area contributed by atoms with Crippen molar-refractivity contribution in [1.29, 1.82) is 10.5 Å². The number of aromatic nitrogens is 2. The van der Waals surface area contributed by atoms with Crippen LogP contribution in [0.1, 0.15) is 40.3 Å². The molecule has 0 bridgehead atoms. The SMILES string of the molecule is CC(=Nc1ccccc1C)c1ccc(-c2cc(-c3ccc4c(c3)c3ccc(C#N)cc3n3c5ccccc5nc43)cc(-c3c(C)c(O)c(O)c(O)c3O)c2)cc1-c1ccc(C#N)cc1C. The number of benzene rings is 8. The first-order valence-corrected chi connectivity index (χ1v) is 21.0. The molecule has 0 amide bonds. The van der Waals surface area contributed by atoms with Crippen molar-refractivity contribution in [2.24, 2.45) is 4.99 Å². The van der Waals surface area contributed by atoms with Crippen LogP contribution >= 0.6 is 0 Å². The zero-order valence-corrected chi connectivity index (χ0v) is 35.8. The minimum absolute atomic E-state index is 0.156. The first-order valence-electron chi connectivity index (χ1n) is 21.0. The Bertz CT molecular complexity index is 3760. The maximum absolute atomic E-state index is 11.4. The van der Waals surface area contributed by atoms with Crippen molar-refractivity contribution < 1.29 is 20.4 Å². The Morgan fingerprint density at radius 3 is 1.94 bits per heavy atom. The summed E-state index contributed by atoms with van der Waals surface area (Å²) in [6, 6.07) is 50.0. The van der Waals surface area contributed by atoms with E-state index < -0.39 is 23.0 Å². The van der Waals surface area contributed by atoms with Gasteiger partial charge >= 0.3 is 0 Å². The second kappa shape index (κ2) is 15.5. The summed E-state index contributed by atoms with van der Waals surface area (Å²) in [4.78, 5) is 10.1. The van der Waals surface area contributed by atoms with Crippen molar-refractivity contribution in [2.45, 2.75) is 27.7 Å². The predicted octanol–water partition coefficient (Wildman–Crippen LogP) is 13.1. The third kappa shape index (κ3) is 6.62. The zero-order valence-electron chi connectivity index (χ0n) is 35.8. The van der Waals surface area contributed by atoms with Gasteiger partial charge in [0.1, 0.15) is 5.65 Å². The summed E-state index contributed by atoms with van der Waals surface area (Å²) >= 11 is 0. The number of para-hydroxylation sites is 3. The van der Waals surface area contributed by atoms with E-state index in [9.17, 15) is 30.9 Å². The molecule has 312 valence electrons. The van der Waals surface area contributed by atoms with Crippen LogP contribution in [-0.2, 0) is 0 Å². The molecule has 4 N–H and O–H groups in total. The number of phenols is 4. The van der Waals surface area contributed by atoms with E-state index in [-0.39, 0.29) is 11.1 Å². The summed E-state index contributed by atoms with van der Waals surface area (Å²) in [7, 11) is 0. The van der Waals surface area contributed by atoms with Crippen LogP contribution < -0.4 is 0 Å². The topological polar surface area (TPSA) is 158 Å². The van der Waals surface area contributed by atoms with E-state index in [1.54, 1.807) is 6.92 Å². The summed E-state index contributed by atoms with van der Waals surface area (Å²) in [6.07, 6.45) is 0. The van der Waals surface area contributed by atoms with Gasteiger partial charge in [0.05, 0.1) is 45.5 Å². The molecule has 10 rings (SSSR count). The Kier molecular flexibility index (Phi) is 9.55. The molecular weight excluding hydrogens is 807 g/mol. The lowest BCUT2D eigenvalue weighted by molar-refractivity contribution is 0.345. The molecule has 0 spiro atoms. The number of aryl methyl sites for hydroxylation is 2. The Labute approximate surface area is 374 Å². The molecule has 2 aromatic heterocycles. The Morgan fingerprint density at radius 1 is 0.538 bits per heavy atom. The normalized spacial score (nSPS) is 11.7. The van der Waals surface area contributed by atoms with E-state index in [1.807, 2.05) is 142 Å². The summed E-state index contributed by atoms with van der Waals surface area (Å²) in [5.74, 6) is -2.75. The van der Waals surface area contributed by atoms with Gasteiger partial charge in [-0.15, -0.1) is 0 Å². The molecule has 9 nitrogen and oxygen atoms in total. The fourth-order valence-electron chi connectivity index (χ4n) is 9.11. The third-order valence-electron chi connectivity index (χ3n) is 12.5. The van der Waals surface area contributed by atoms with Gasteiger partial charge in [0.15, 0.2) is 11.5 Å². The Balaban J connectivity index is 1.24. The van der Waals surface area contributed by atoms with E-state index in [1.165, 1.54) is 0 Å². The molecule has 8 aromatic carbocycles. The fourth-order valence-corrected chi connectivity index (χ4v) is 9.11. The summed E-state index contributed by atoms with van der Waals surface area (Å²) < 4.78 is 2.10. The molecule has 0 aliphatic rings. The van der Waals surface area contributed by atoms with E-state index in [4.69, 9.17) is 9.98 Å². The van der Waals surface area contributed by atoms with Crippen molar-refractivity contribution >= 4 is 49.8 Å². The molecule has 10 aromatic rings. The summed E-state index contributed by atoms with van der Waals surface area (Å²) in [5.41, 5.74) is 14.8. The molecule has 0 aliphatic heterocycles. The van der Waals surface area contributed by atoms with Crippen LogP contribution in [0.25, 0.3) is 82.9 Å². The van der Waals surface area contributed by atoms with Gasteiger partial charge in [-0.25, -0.2) is 4.98 Å². The van der Waals surface area contributed by atoms with Crippen molar-refractivity contribution in [3.8, 4) is 79.6 Å². The van der Waals surface area contributed by atoms with Crippen molar-refractivity contribution in [3.05, 3.63) is 173 Å². The predicted molar refractivity (Wildman–Crippen MR) is 258 cm³/mol. The lowest BCUT2D eigenvalue weighted by Crippen LogP contribution is -2.00. The van der Waals surface area contributed by atoms with Crippen LogP contribution in [-0.4, -0.2) is 35.5 Å². The molecule has 0 saturated heterocycles. The number of aliphatic imine (C=N–C) groups is 1. The second-order valence-electron chi connectivity index (χ2n) is 16.4. The number of nitrogens with zero attached hydrogens (tertiary/aromatic N) is 5. The molecule has 0 atom stereocenters. The number of fused-ring (bicyclic) bond motifs is 8. The average Bonchev–Trinajstić information content (AvgIpc) is 3.73. The number of phenolic OH excluding ortho intramolecular Hbond substituents is 4. The monoisotopic (exact) mass is 845 g/mol. The van der Waals surface area contributed by atoms with Crippen LogP contribution in [0.5, 0.6) is 23.0 Å². The molecule has 9 heteroatoms. The van der Waals surface area contributed by atoms with E-state index in [0.717, 1.165) is 99.8 Å². The Morgan fingerprint density at radius 2 is 1.18 bits per heavy atom.